The average molecular weight is 324 g/mol. The van der Waals surface area contributed by atoms with Crippen molar-refractivity contribution in [3.8, 4) is 0 Å². The van der Waals surface area contributed by atoms with Crippen LogP contribution in [0.1, 0.15) is 17.5 Å². The first-order chi connectivity index (χ1) is 10.9. The monoisotopic (exact) mass is 324 g/mol. The molecule has 1 aromatic carbocycles. The van der Waals surface area contributed by atoms with Crippen molar-refractivity contribution in [1.82, 2.24) is 10.2 Å². The molecule has 3 rings (SSSR count). The summed E-state index contributed by atoms with van der Waals surface area (Å²) in [5.74, 6) is 0.837. The minimum atomic E-state index is -4.29. The van der Waals surface area contributed by atoms with Crippen molar-refractivity contribution in [1.29, 1.82) is 0 Å². The summed E-state index contributed by atoms with van der Waals surface area (Å²) < 4.78 is 37.7. The Morgan fingerprint density at radius 3 is 2.61 bits per heavy atom. The van der Waals surface area contributed by atoms with Gasteiger partial charge in [-0.25, -0.2) is 0 Å². The lowest BCUT2D eigenvalue weighted by Crippen LogP contribution is -2.31. The number of amides is 1. The van der Waals surface area contributed by atoms with Gasteiger partial charge >= 0.3 is 6.18 Å². The molecule has 3 nitrogen and oxygen atoms in total. The third-order valence-corrected chi connectivity index (χ3v) is 4.76. The number of halogens is 3. The number of carbonyl (C=O) groups is 1. The van der Waals surface area contributed by atoms with Crippen LogP contribution in [0.25, 0.3) is 0 Å². The smallest absolute Gasteiger partial charge is 0.349 e. The van der Waals surface area contributed by atoms with Gasteiger partial charge in [-0.15, -0.1) is 0 Å². The molecule has 0 spiro atoms. The van der Waals surface area contributed by atoms with E-state index < -0.39 is 11.7 Å². The van der Waals surface area contributed by atoms with Crippen molar-refractivity contribution >= 4 is 5.91 Å². The van der Waals surface area contributed by atoms with Gasteiger partial charge in [-0.2, -0.15) is 13.2 Å². The van der Waals surface area contributed by atoms with E-state index in [1.807, 2.05) is 0 Å². The lowest BCUT2D eigenvalue weighted by molar-refractivity contribution is -0.137. The van der Waals surface area contributed by atoms with E-state index in [4.69, 9.17) is 0 Å². The molecule has 1 unspecified atom stereocenters. The molecule has 0 aromatic heterocycles. The van der Waals surface area contributed by atoms with Gasteiger partial charge < -0.3 is 5.32 Å². The zero-order chi connectivity index (χ0) is 16.6. The third kappa shape index (κ3) is 3.58. The van der Waals surface area contributed by atoms with Crippen molar-refractivity contribution in [3.05, 3.63) is 48.0 Å². The van der Waals surface area contributed by atoms with Crippen LogP contribution in [0.15, 0.2) is 36.9 Å². The fraction of sp³-hybridized carbons (Fsp3) is 0.471. The van der Waals surface area contributed by atoms with Gasteiger partial charge in [-0.05, 0) is 48.6 Å². The SMILES string of the molecule is C=CC(=O)NC1[C@H]2CN(Cc3ccc(C(F)(F)F)cc3)CC[C@@H]12. The Kier molecular flexibility index (Phi) is 4.19. The van der Waals surface area contributed by atoms with Gasteiger partial charge in [0.15, 0.2) is 0 Å². The molecule has 1 saturated heterocycles. The Morgan fingerprint density at radius 2 is 2.00 bits per heavy atom. The maximum Gasteiger partial charge on any atom is 0.416 e. The number of piperidine rings is 1. The highest BCUT2D eigenvalue weighted by atomic mass is 19.4. The van der Waals surface area contributed by atoms with E-state index in [0.29, 0.717) is 18.4 Å². The molecule has 0 radical (unpaired) electrons. The maximum atomic E-state index is 12.6. The Morgan fingerprint density at radius 1 is 1.30 bits per heavy atom. The van der Waals surface area contributed by atoms with Gasteiger partial charge in [0, 0.05) is 19.1 Å². The number of hydrogen-bond acceptors (Lipinski definition) is 2. The molecule has 23 heavy (non-hydrogen) atoms. The minimum Gasteiger partial charge on any atom is -0.349 e. The van der Waals surface area contributed by atoms with E-state index in [9.17, 15) is 18.0 Å². The summed E-state index contributed by atoms with van der Waals surface area (Å²) in [5, 5.41) is 2.95. The Bertz CT molecular complexity index is 597. The predicted molar refractivity (Wildman–Crippen MR) is 80.4 cm³/mol. The highest BCUT2D eigenvalue weighted by molar-refractivity contribution is 5.87. The van der Waals surface area contributed by atoms with Crippen LogP contribution in [-0.2, 0) is 17.5 Å². The molecule has 1 saturated carbocycles. The molecule has 1 amide bonds. The number of alkyl halides is 3. The van der Waals surface area contributed by atoms with Crippen LogP contribution in [0, 0.1) is 11.8 Å². The van der Waals surface area contributed by atoms with Crippen LogP contribution in [0.2, 0.25) is 0 Å². The number of benzene rings is 1. The summed E-state index contributed by atoms with van der Waals surface area (Å²) in [7, 11) is 0. The minimum absolute atomic E-state index is 0.140. The van der Waals surface area contributed by atoms with Gasteiger partial charge in [0.2, 0.25) is 5.91 Å². The standard InChI is InChI=1S/C17H19F3N2O/c1-2-15(23)21-16-13-7-8-22(10-14(13)16)9-11-3-5-12(6-4-11)17(18,19)20/h2-6,13-14,16H,1,7-10H2,(H,21,23)/t13-,14+,16?/m1/s1. The van der Waals surface area contributed by atoms with Crippen molar-refractivity contribution in [2.24, 2.45) is 11.8 Å². The van der Waals surface area contributed by atoms with Gasteiger partial charge in [0.05, 0.1) is 5.56 Å². The molecular formula is C17H19F3N2O. The molecule has 1 N–H and O–H groups in total. The van der Waals surface area contributed by atoms with Crippen molar-refractivity contribution in [2.75, 3.05) is 13.1 Å². The number of rotatable bonds is 4. The number of likely N-dealkylation sites (tertiary alicyclic amines) is 1. The summed E-state index contributed by atoms with van der Waals surface area (Å²) in [6.07, 6.45) is -2.00. The zero-order valence-corrected chi connectivity index (χ0v) is 12.6. The van der Waals surface area contributed by atoms with Gasteiger partial charge in [0.1, 0.15) is 0 Å². The lowest BCUT2D eigenvalue weighted by Gasteiger charge is -2.25. The molecule has 1 aliphatic carbocycles. The molecule has 0 bridgehead atoms. The van der Waals surface area contributed by atoms with E-state index in [1.165, 1.54) is 6.08 Å². The van der Waals surface area contributed by atoms with Crippen molar-refractivity contribution in [2.45, 2.75) is 25.2 Å². The summed E-state index contributed by atoms with van der Waals surface area (Å²) in [6, 6.07) is 5.56. The van der Waals surface area contributed by atoms with Crippen LogP contribution in [0.4, 0.5) is 13.2 Å². The summed E-state index contributed by atoms with van der Waals surface area (Å²) in [6.45, 7) is 5.87. The fourth-order valence-electron chi connectivity index (χ4n) is 3.45. The van der Waals surface area contributed by atoms with Gasteiger partial charge in [-0.3, -0.25) is 9.69 Å². The molecule has 6 heteroatoms. The van der Waals surface area contributed by atoms with E-state index in [0.717, 1.165) is 37.2 Å². The van der Waals surface area contributed by atoms with E-state index >= 15 is 0 Å². The first-order valence-corrected chi connectivity index (χ1v) is 7.70. The van der Waals surface area contributed by atoms with Crippen LogP contribution in [0.5, 0.6) is 0 Å². The Labute approximate surface area is 133 Å². The lowest BCUT2D eigenvalue weighted by atomic mass is 10.1. The molecule has 1 aromatic rings. The third-order valence-electron chi connectivity index (χ3n) is 4.76. The number of nitrogens with one attached hydrogen (secondary N) is 1. The Balaban J connectivity index is 1.54. The average Bonchev–Trinajstić information content (AvgIpc) is 3.19. The van der Waals surface area contributed by atoms with Crippen LogP contribution >= 0.6 is 0 Å². The van der Waals surface area contributed by atoms with Crippen LogP contribution in [0.3, 0.4) is 0 Å². The van der Waals surface area contributed by atoms with Crippen LogP contribution in [-0.4, -0.2) is 29.9 Å². The van der Waals surface area contributed by atoms with Gasteiger partial charge in [-0.1, -0.05) is 18.7 Å². The largest absolute Gasteiger partial charge is 0.416 e. The summed E-state index contributed by atoms with van der Waals surface area (Å²) in [5.41, 5.74) is 0.262. The topological polar surface area (TPSA) is 32.3 Å². The molecule has 3 atom stereocenters. The maximum absolute atomic E-state index is 12.6. The second-order valence-electron chi connectivity index (χ2n) is 6.28. The molecular weight excluding hydrogens is 305 g/mol. The summed E-state index contributed by atoms with van der Waals surface area (Å²) in [4.78, 5) is 13.6. The second-order valence-corrected chi connectivity index (χ2v) is 6.28. The highest BCUT2D eigenvalue weighted by Crippen LogP contribution is 2.45. The zero-order valence-electron chi connectivity index (χ0n) is 12.6. The molecule has 1 heterocycles. The number of carbonyl (C=O) groups excluding carboxylic acids is 1. The molecule has 124 valence electrons. The van der Waals surface area contributed by atoms with Crippen molar-refractivity contribution in [3.63, 3.8) is 0 Å². The van der Waals surface area contributed by atoms with Gasteiger partial charge in [0.25, 0.3) is 0 Å². The van der Waals surface area contributed by atoms with E-state index in [2.05, 4.69) is 16.8 Å². The number of nitrogens with zero attached hydrogens (tertiary/aromatic N) is 1. The Hall–Kier alpha value is -1.82. The molecule has 2 aliphatic rings. The summed E-state index contributed by atoms with van der Waals surface area (Å²) >= 11 is 0. The predicted octanol–water partition coefficient (Wildman–Crippen LogP) is 2.83. The number of hydrogen-bond donors (Lipinski definition) is 1. The normalized spacial score (nSPS) is 27.2. The van der Waals surface area contributed by atoms with Crippen LogP contribution < -0.4 is 5.32 Å². The first-order valence-electron chi connectivity index (χ1n) is 7.70. The fourth-order valence-corrected chi connectivity index (χ4v) is 3.45. The van der Waals surface area contributed by atoms with E-state index in [-0.39, 0.29) is 11.9 Å². The first kappa shape index (κ1) is 16.1. The van der Waals surface area contributed by atoms with Crippen molar-refractivity contribution < 1.29 is 18.0 Å². The highest BCUT2D eigenvalue weighted by Gasteiger charge is 2.53. The van der Waals surface area contributed by atoms with E-state index in [1.54, 1.807) is 12.1 Å². The second kappa shape index (κ2) is 6.00. The molecule has 1 aliphatic heterocycles. The number of fused-ring (bicyclic) bond motifs is 1. The molecule has 2 fully saturated rings. The quantitative estimate of drug-likeness (QED) is 0.864.